The number of nitrogens with one attached hydrogen (secondary N) is 1. The second kappa shape index (κ2) is 4.90. The third kappa shape index (κ3) is 3.10. The fraction of sp³-hybridized carbons (Fsp3) is 0.250. The van der Waals surface area contributed by atoms with E-state index in [1.165, 1.54) is 0 Å². The summed E-state index contributed by atoms with van der Waals surface area (Å²) >= 11 is 11.4. The standard InChI is InChI=1S/C8H7Cl2N3/c1-2-3-4-11-6-5-7(9)12-13-8(6)10/h5H,4H2,1H3,(H,11,12). The van der Waals surface area contributed by atoms with Gasteiger partial charge in [-0.1, -0.05) is 29.1 Å². The average Bonchev–Trinajstić information content (AvgIpc) is 2.11. The highest BCUT2D eigenvalue weighted by atomic mass is 35.5. The van der Waals surface area contributed by atoms with Crippen molar-refractivity contribution >= 4 is 28.9 Å². The van der Waals surface area contributed by atoms with Crippen molar-refractivity contribution in [3.63, 3.8) is 0 Å². The highest BCUT2D eigenvalue weighted by Crippen LogP contribution is 2.19. The van der Waals surface area contributed by atoms with E-state index in [9.17, 15) is 0 Å². The second-order valence-corrected chi connectivity index (χ2v) is 2.90. The summed E-state index contributed by atoms with van der Waals surface area (Å²) < 4.78 is 0. The van der Waals surface area contributed by atoms with Crippen LogP contribution in [0.3, 0.4) is 0 Å². The molecule has 0 bridgehead atoms. The average molecular weight is 216 g/mol. The van der Waals surface area contributed by atoms with Crippen LogP contribution in [0.4, 0.5) is 5.69 Å². The topological polar surface area (TPSA) is 37.8 Å². The van der Waals surface area contributed by atoms with Crippen molar-refractivity contribution in [2.45, 2.75) is 6.92 Å². The lowest BCUT2D eigenvalue weighted by Crippen LogP contribution is -2.01. The predicted octanol–water partition coefficient (Wildman–Crippen LogP) is 2.22. The molecule has 0 amide bonds. The van der Waals surface area contributed by atoms with Crippen LogP contribution in [-0.2, 0) is 0 Å². The Bertz CT molecular complexity index is 354. The third-order valence-electron chi connectivity index (χ3n) is 1.26. The first-order valence-electron chi connectivity index (χ1n) is 3.56. The molecule has 0 spiro atoms. The molecule has 1 rings (SSSR count). The lowest BCUT2D eigenvalue weighted by atomic mass is 10.4. The molecule has 0 saturated heterocycles. The van der Waals surface area contributed by atoms with Crippen LogP contribution >= 0.6 is 23.2 Å². The van der Waals surface area contributed by atoms with Crippen molar-refractivity contribution in [2.24, 2.45) is 0 Å². The van der Waals surface area contributed by atoms with Gasteiger partial charge >= 0.3 is 0 Å². The van der Waals surface area contributed by atoms with Crippen LogP contribution in [0.5, 0.6) is 0 Å². The van der Waals surface area contributed by atoms with Gasteiger partial charge in [-0.15, -0.1) is 16.1 Å². The Morgan fingerprint density at radius 1 is 1.46 bits per heavy atom. The zero-order valence-corrected chi connectivity index (χ0v) is 8.45. The van der Waals surface area contributed by atoms with Gasteiger partial charge in [0.05, 0.1) is 12.2 Å². The number of nitrogens with zero attached hydrogens (tertiary/aromatic N) is 2. The van der Waals surface area contributed by atoms with E-state index in [1.807, 2.05) is 0 Å². The van der Waals surface area contributed by atoms with Gasteiger partial charge in [0.25, 0.3) is 0 Å². The van der Waals surface area contributed by atoms with Crippen molar-refractivity contribution in [3.8, 4) is 11.8 Å². The lowest BCUT2D eigenvalue weighted by Gasteiger charge is -2.02. The smallest absolute Gasteiger partial charge is 0.174 e. The molecule has 0 aliphatic rings. The van der Waals surface area contributed by atoms with Gasteiger partial charge in [-0.25, -0.2) is 0 Å². The highest BCUT2D eigenvalue weighted by Gasteiger charge is 2.01. The highest BCUT2D eigenvalue weighted by molar-refractivity contribution is 6.33. The summed E-state index contributed by atoms with van der Waals surface area (Å²) in [4.78, 5) is 0. The summed E-state index contributed by atoms with van der Waals surface area (Å²) in [5, 5.41) is 10.8. The van der Waals surface area contributed by atoms with Gasteiger partial charge in [0.1, 0.15) is 0 Å². The minimum absolute atomic E-state index is 0.294. The number of aromatic nitrogens is 2. The fourth-order valence-electron chi connectivity index (χ4n) is 0.705. The SMILES string of the molecule is CC#CCNc1cc(Cl)nnc1Cl. The van der Waals surface area contributed by atoms with E-state index in [2.05, 4.69) is 27.4 Å². The molecule has 1 aromatic heterocycles. The largest absolute Gasteiger partial charge is 0.371 e. The summed E-state index contributed by atoms with van der Waals surface area (Å²) in [7, 11) is 0. The van der Waals surface area contributed by atoms with E-state index in [0.29, 0.717) is 22.5 Å². The van der Waals surface area contributed by atoms with Gasteiger partial charge in [0.15, 0.2) is 10.3 Å². The molecule has 1 heterocycles. The molecule has 13 heavy (non-hydrogen) atoms. The predicted molar refractivity (Wildman–Crippen MR) is 54.0 cm³/mol. The van der Waals surface area contributed by atoms with E-state index in [1.54, 1.807) is 13.0 Å². The van der Waals surface area contributed by atoms with Crippen LogP contribution in [0, 0.1) is 11.8 Å². The normalized spacial score (nSPS) is 8.85. The van der Waals surface area contributed by atoms with E-state index in [0.717, 1.165) is 0 Å². The number of rotatable bonds is 2. The molecule has 0 radical (unpaired) electrons. The number of anilines is 1. The van der Waals surface area contributed by atoms with E-state index < -0.39 is 0 Å². The molecular weight excluding hydrogens is 209 g/mol. The minimum atomic E-state index is 0.294. The Balaban J connectivity index is 2.73. The fourth-order valence-corrected chi connectivity index (χ4v) is 1.01. The maximum Gasteiger partial charge on any atom is 0.174 e. The van der Waals surface area contributed by atoms with Crippen LogP contribution in [-0.4, -0.2) is 16.7 Å². The maximum atomic E-state index is 5.73. The quantitative estimate of drug-likeness (QED) is 0.770. The van der Waals surface area contributed by atoms with Gasteiger partial charge in [0.2, 0.25) is 0 Å². The molecule has 0 fully saturated rings. The number of hydrogen-bond acceptors (Lipinski definition) is 3. The first-order chi connectivity index (χ1) is 6.24. The summed E-state index contributed by atoms with van der Waals surface area (Å²) in [6.45, 7) is 2.28. The van der Waals surface area contributed by atoms with Gasteiger partial charge < -0.3 is 5.32 Å². The maximum absolute atomic E-state index is 5.73. The van der Waals surface area contributed by atoms with Crippen LogP contribution in [0.2, 0.25) is 10.3 Å². The summed E-state index contributed by atoms with van der Waals surface area (Å²) in [5.74, 6) is 5.58. The first-order valence-corrected chi connectivity index (χ1v) is 4.32. The Morgan fingerprint density at radius 2 is 2.23 bits per heavy atom. The van der Waals surface area contributed by atoms with E-state index in [-0.39, 0.29) is 0 Å². The Morgan fingerprint density at radius 3 is 2.92 bits per heavy atom. The zero-order valence-electron chi connectivity index (χ0n) is 6.93. The van der Waals surface area contributed by atoms with E-state index >= 15 is 0 Å². The number of hydrogen-bond donors (Lipinski definition) is 1. The van der Waals surface area contributed by atoms with Crippen molar-refractivity contribution in [2.75, 3.05) is 11.9 Å². The Hall–Kier alpha value is -0.980. The zero-order chi connectivity index (χ0) is 9.68. The number of halogens is 2. The van der Waals surface area contributed by atoms with Crippen molar-refractivity contribution in [3.05, 3.63) is 16.4 Å². The first kappa shape index (κ1) is 10.1. The molecule has 3 nitrogen and oxygen atoms in total. The molecule has 0 atom stereocenters. The molecule has 0 aliphatic carbocycles. The molecule has 0 unspecified atom stereocenters. The van der Waals surface area contributed by atoms with Gasteiger partial charge in [-0.05, 0) is 6.92 Å². The molecule has 1 N–H and O–H groups in total. The molecular formula is C8H7Cl2N3. The Labute approximate surface area is 86.5 Å². The minimum Gasteiger partial charge on any atom is -0.371 e. The molecule has 0 saturated carbocycles. The van der Waals surface area contributed by atoms with Gasteiger partial charge in [-0.3, -0.25) is 0 Å². The monoisotopic (exact) mass is 215 g/mol. The third-order valence-corrected chi connectivity index (χ3v) is 1.73. The van der Waals surface area contributed by atoms with Crippen molar-refractivity contribution < 1.29 is 0 Å². The van der Waals surface area contributed by atoms with Crippen LogP contribution in [0.1, 0.15) is 6.92 Å². The molecule has 1 aromatic rings. The second-order valence-electron chi connectivity index (χ2n) is 2.15. The van der Waals surface area contributed by atoms with Gasteiger partial charge in [0, 0.05) is 6.07 Å². The molecule has 68 valence electrons. The van der Waals surface area contributed by atoms with Crippen LogP contribution in [0.15, 0.2) is 6.07 Å². The molecule has 0 aliphatic heterocycles. The summed E-state index contributed by atoms with van der Waals surface area (Å²) in [6, 6.07) is 1.61. The van der Waals surface area contributed by atoms with Crippen molar-refractivity contribution in [1.29, 1.82) is 0 Å². The van der Waals surface area contributed by atoms with Gasteiger partial charge in [-0.2, -0.15) is 0 Å². The molecule has 5 heteroatoms. The van der Waals surface area contributed by atoms with Crippen molar-refractivity contribution in [1.82, 2.24) is 10.2 Å². The van der Waals surface area contributed by atoms with Crippen LogP contribution in [0.25, 0.3) is 0 Å². The lowest BCUT2D eigenvalue weighted by molar-refractivity contribution is 1.03. The van der Waals surface area contributed by atoms with E-state index in [4.69, 9.17) is 23.2 Å². The summed E-state index contributed by atoms with van der Waals surface area (Å²) in [6.07, 6.45) is 0. The Kier molecular flexibility index (Phi) is 3.81. The summed E-state index contributed by atoms with van der Waals surface area (Å²) in [5.41, 5.74) is 0.643. The van der Waals surface area contributed by atoms with Crippen LogP contribution < -0.4 is 5.32 Å². The molecule has 0 aromatic carbocycles.